The maximum atomic E-state index is 6.23. The Labute approximate surface area is 117 Å². The molecule has 3 rings (SSSR count). The molecule has 0 saturated heterocycles. The molecule has 1 unspecified atom stereocenters. The van der Waals surface area contributed by atoms with Crippen molar-refractivity contribution in [2.75, 3.05) is 5.75 Å². The van der Waals surface area contributed by atoms with Crippen molar-refractivity contribution >= 4 is 39.0 Å². The van der Waals surface area contributed by atoms with E-state index in [2.05, 4.69) is 22.0 Å². The van der Waals surface area contributed by atoms with Gasteiger partial charge in [0, 0.05) is 15.5 Å². The van der Waals surface area contributed by atoms with Gasteiger partial charge in [-0.2, -0.15) is 11.8 Å². The van der Waals surface area contributed by atoms with E-state index in [-0.39, 0.29) is 6.04 Å². The molecule has 0 aliphatic carbocycles. The van der Waals surface area contributed by atoms with Crippen LogP contribution in [0.5, 0.6) is 0 Å². The maximum absolute atomic E-state index is 6.23. The van der Waals surface area contributed by atoms with Crippen LogP contribution in [0.15, 0.2) is 27.3 Å². The molecule has 0 amide bonds. The molecule has 17 heavy (non-hydrogen) atoms. The van der Waals surface area contributed by atoms with Crippen LogP contribution < -0.4 is 5.73 Å². The number of hydrogen-bond acceptors (Lipinski definition) is 4. The number of thioether (sulfide) groups is 1. The Hall–Kier alpha value is -0.230. The summed E-state index contributed by atoms with van der Waals surface area (Å²) in [7, 11) is 0. The second-order valence-electron chi connectivity index (χ2n) is 4.02. The van der Waals surface area contributed by atoms with E-state index >= 15 is 0 Å². The van der Waals surface area contributed by atoms with Crippen LogP contribution in [0.2, 0.25) is 0 Å². The van der Waals surface area contributed by atoms with Gasteiger partial charge >= 0.3 is 0 Å². The summed E-state index contributed by atoms with van der Waals surface area (Å²) in [6.45, 7) is 0. The molecule has 3 heterocycles. The fourth-order valence-electron chi connectivity index (χ4n) is 1.96. The van der Waals surface area contributed by atoms with Crippen LogP contribution in [0, 0.1) is 0 Å². The molecule has 2 aromatic rings. The summed E-state index contributed by atoms with van der Waals surface area (Å²) in [5, 5.41) is 0. The number of nitrogens with two attached hydrogens (primary N) is 1. The topological polar surface area (TPSA) is 39.2 Å². The molecule has 5 heteroatoms. The van der Waals surface area contributed by atoms with Crippen LogP contribution in [-0.4, -0.2) is 5.75 Å². The van der Waals surface area contributed by atoms with E-state index in [1.54, 1.807) is 0 Å². The molecule has 0 bridgehead atoms. The molecule has 2 N–H and O–H groups in total. The van der Waals surface area contributed by atoms with Gasteiger partial charge in [-0.1, -0.05) is 0 Å². The van der Waals surface area contributed by atoms with E-state index in [0.29, 0.717) is 0 Å². The Kier molecular flexibility index (Phi) is 3.34. The Morgan fingerprint density at radius 1 is 1.41 bits per heavy atom. The van der Waals surface area contributed by atoms with Crippen LogP contribution in [0.3, 0.4) is 0 Å². The number of furan rings is 1. The SMILES string of the molecule is NC(c1ccc(Br)o1)c1cc2c(s1)CCSC2. The highest BCUT2D eigenvalue weighted by molar-refractivity contribution is 9.10. The van der Waals surface area contributed by atoms with E-state index in [1.165, 1.54) is 27.5 Å². The molecule has 1 aliphatic heterocycles. The fraction of sp³-hybridized carbons (Fsp3) is 0.333. The maximum Gasteiger partial charge on any atom is 0.169 e. The van der Waals surface area contributed by atoms with Gasteiger partial charge in [-0.05, 0) is 51.9 Å². The van der Waals surface area contributed by atoms with Gasteiger partial charge in [0.2, 0.25) is 0 Å². The third kappa shape index (κ3) is 2.34. The van der Waals surface area contributed by atoms with Crippen molar-refractivity contribution in [2.24, 2.45) is 5.73 Å². The quantitative estimate of drug-likeness (QED) is 0.906. The van der Waals surface area contributed by atoms with Crippen molar-refractivity contribution in [3.63, 3.8) is 0 Å². The number of hydrogen-bond donors (Lipinski definition) is 1. The highest BCUT2D eigenvalue weighted by atomic mass is 79.9. The predicted octanol–water partition coefficient (Wildman–Crippen LogP) is 3.94. The van der Waals surface area contributed by atoms with Gasteiger partial charge in [-0.15, -0.1) is 11.3 Å². The minimum atomic E-state index is -0.137. The van der Waals surface area contributed by atoms with Crippen LogP contribution in [0.1, 0.15) is 27.1 Å². The summed E-state index contributed by atoms with van der Waals surface area (Å²) in [5.74, 6) is 3.18. The molecule has 90 valence electrons. The fourth-order valence-corrected chi connectivity index (χ4v) is 4.66. The number of halogens is 1. The van der Waals surface area contributed by atoms with Crippen molar-refractivity contribution in [1.29, 1.82) is 0 Å². The molecular formula is C12H12BrNOS2. The molecule has 2 nitrogen and oxygen atoms in total. The van der Waals surface area contributed by atoms with Crippen molar-refractivity contribution in [3.8, 4) is 0 Å². The summed E-state index contributed by atoms with van der Waals surface area (Å²) >= 11 is 7.14. The minimum absolute atomic E-state index is 0.137. The normalized spacial score (nSPS) is 16.8. The van der Waals surface area contributed by atoms with Gasteiger partial charge in [0.1, 0.15) is 5.76 Å². The lowest BCUT2D eigenvalue weighted by Gasteiger charge is -2.08. The first-order valence-electron chi connectivity index (χ1n) is 5.44. The second-order valence-corrected chi connectivity index (χ2v) is 7.07. The first kappa shape index (κ1) is 11.8. The molecule has 1 aliphatic rings. The zero-order chi connectivity index (χ0) is 11.8. The number of thiophene rings is 1. The lowest BCUT2D eigenvalue weighted by molar-refractivity contribution is 0.472. The van der Waals surface area contributed by atoms with E-state index in [4.69, 9.17) is 10.2 Å². The molecular weight excluding hydrogens is 318 g/mol. The lowest BCUT2D eigenvalue weighted by atomic mass is 10.1. The van der Waals surface area contributed by atoms with Crippen LogP contribution in [0.25, 0.3) is 0 Å². The standard InChI is InChI=1S/C12H12BrNOS2/c13-11-2-1-8(15-11)12(14)10-5-7-6-16-4-3-9(7)17-10/h1-2,5,12H,3-4,6,14H2. The summed E-state index contributed by atoms with van der Waals surface area (Å²) in [6.07, 6.45) is 1.18. The van der Waals surface area contributed by atoms with Crippen molar-refractivity contribution in [1.82, 2.24) is 0 Å². The smallest absolute Gasteiger partial charge is 0.169 e. The van der Waals surface area contributed by atoms with Gasteiger partial charge in [-0.25, -0.2) is 0 Å². The van der Waals surface area contributed by atoms with Gasteiger partial charge < -0.3 is 10.2 Å². The van der Waals surface area contributed by atoms with E-state index in [9.17, 15) is 0 Å². The van der Waals surface area contributed by atoms with Crippen molar-refractivity contribution in [3.05, 3.63) is 43.9 Å². The largest absolute Gasteiger partial charge is 0.452 e. The molecule has 0 spiro atoms. The summed E-state index contributed by atoms with van der Waals surface area (Å²) in [4.78, 5) is 2.71. The highest BCUT2D eigenvalue weighted by Gasteiger charge is 2.20. The second kappa shape index (κ2) is 4.80. The van der Waals surface area contributed by atoms with Gasteiger partial charge in [0.15, 0.2) is 4.67 Å². The molecule has 2 aromatic heterocycles. The first-order chi connectivity index (χ1) is 8.24. The average Bonchev–Trinajstić information content (AvgIpc) is 2.93. The third-order valence-corrected chi connectivity index (χ3v) is 5.61. The average molecular weight is 330 g/mol. The Morgan fingerprint density at radius 3 is 3.00 bits per heavy atom. The Morgan fingerprint density at radius 2 is 2.29 bits per heavy atom. The third-order valence-electron chi connectivity index (χ3n) is 2.85. The summed E-state index contributed by atoms with van der Waals surface area (Å²) in [6, 6.07) is 5.93. The van der Waals surface area contributed by atoms with Gasteiger partial charge in [-0.3, -0.25) is 0 Å². The number of fused-ring (bicyclic) bond motifs is 1. The van der Waals surface area contributed by atoms with Crippen LogP contribution in [0.4, 0.5) is 0 Å². The Bertz CT molecular complexity index is 511. The van der Waals surface area contributed by atoms with Crippen LogP contribution >= 0.6 is 39.0 Å². The predicted molar refractivity (Wildman–Crippen MR) is 76.6 cm³/mol. The minimum Gasteiger partial charge on any atom is -0.452 e. The van der Waals surface area contributed by atoms with E-state index in [0.717, 1.165) is 16.2 Å². The number of rotatable bonds is 2. The van der Waals surface area contributed by atoms with Crippen LogP contribution in [-0.2, 0) is 12.2 Å². The lowest BCUT2D eigenvalue weighted by Crippen LogP contribution is -2.08. The summed E-state index contributed by atoms with van der Waals surface area (Å²) in [5.41, 5.74) is 7.69. The molecule has 1 atom stereocenters. The number of aryl methyl sites for hydroxylation is 1. The first-order valence-corrected chi connectivity index (χ1v) is 8.20. The van der Waals surface area contributed by atoms with Gasteiger partial charge in [0.25, 0.3) is 0 Å². The zero-order valence-corrected chi connectivity index (χ0v) is 12.3. The zero-order valence-electron chi connectivity index (χ0n) is 9.11. The van der Waals surface area contributed by atoms with Crippen molar-refractivity contribution < 1.29 is 4.42 Å². The monoisotopic (exact) mass is 329 g/mol. The molecule has 0 aromatic carbocycles. The highest BCUT2D eigenvalue weighted by Crippen LogP contribution is 2.36. The van der Waals surface area contributed by atoms with E-state index in [1.807, 2.05) is 35.2 Å². The van der Waals surface area contributed by atoms with Gasteiger partial charge in [0.05, 0.1) is 6.04 Å². The molecule has 0 fully saturated rings. The summed E-state index contributed by atoms with van der Waals surface area (Å²) < 4.78 is 6.26. The Balaban J connectivity index is 1.91. The van der Waals surface area contributed by atoms with E-state index < -0.39 is 0 Å². The molecule has 0 radical (unpaired) electrons. The molecule has 0 saturated carbocycles. The van der Waals surface area contributed by atoms with Crippen molar-refractivity contribution in [2.45, 2.75) is 18.2 Å².